The molecule has 1 amide bonds. The number of carbonyl (C=O) groups excluding carboxylic acids is 1. The molecule has 0 spiro atoms. The second-order valence-corrected chi connectivity index (χ2v) is 8.32. The summed E-state index contributed by atoms with van der Waals surface area (Å²) in [7, 11) is 0. The average molecular weight is 390 g/mol. The molecule has 0 aliphatic heterocycles. The molecule has 1 fully saturated rings. The van der Waals surface area contributed by atoms with Crippen molar-refractivity contribution in [2.24, 2.45) is 0 Å². The van der Waals surface area contributed by atoms with Gasteiger partial charge < -0.3 is 14.4 Å². The van der Waals surface area contributed by atoms with Crippen molar-refractivity contribution in [3.05, 3.63) is 40.0 Å². The van der Waals surface area contributed by atoms with Crippen LogP contribution >= 0.6 is 23.1 Å². The maximum absolute atomic E-state index is 12.0. The van der Waals surface area contributed by atoms with Crippen LogP contribution in [0.3, 0.4) is 0 Å². The molecule has 1 aliphatic rings. The molecule has 0 saturated heterocycles. The predicted molar refractivity (Wildman–Crippen MR) is 101 cm³/mol. The highest BCUT2D eigenvalue weighted by molar-refractivity contribution is 7.99. The molecule has 3 aromatic rings. The normalized spacial score (nSPS) is 13.9. The lowest BCUT2D eigenvalue weighted by atomic mass is 10.3. The monoisotopic (exact) mass is 389 g/mol. The summed E-state index contributed by atoms with van der Waals surface area (Å²) >= 11 is 3.32. The van der Waals surface area contributed by atoms with Gasteiger partial charge in [0, 0.05) is 35.6 Å². The number of hydrogen-bond acceptors (Lipinski definition) is 7. The van der Waals surface area contributed by atoms with E-state index in [4.69, 9.17) is 4.52 Å². The van der Waals surface area contributed by atoms with Crippen LogP contribution in [0.25, 0.3) is 0 Å². The molecule has 1 aliphatic carbocycles. The second kappa shape index (κ2) is 7.63. The summed E-state index contributed by atoms with van der Waals surface area (Å²) in [5.74, 6) is 2.71. The molecule has 3 heterocycles. The predicted octanol–water partition coefficient (Wildman–Crippen LogP) is 3.68. The van der Waals surface area contributed by atoms with Crippen molar-refractivity contribution in [2.75, 3.05) is 11.1 Å². The van der Waals surface area contributed by atoms with Crippen molar-refractivity contribution in [3.8, 4) is 0 Å². The van der Waals surface area contributed by atoms with Crippen molar-refractivity contribution in [2.45, 2.75) is 43.8 Å². The Hall–Kier alpha value is -2.13. The molecule has 26 heavy (non-hydrogen) atoms. The largest absolute Gasteiger partial charge is 0.360 e. The minimum Gasteiger partial charge on any atom is -0.360 e. The summed E-state index contributed by atoms with van der Waals surface area (Å²) in [6, 6.07) is 6.39. The highest BCUT2D eigenvalue weighted by Crippen LogP contribution is 2.39. The quantitative estimate of drug-likeness (QED) is 0.592. The molecule has 0 atom stereocenters. The average Bonchev–Trinajstić information content (AvgIpc) is 2.99. The Morgan fingerprint density at radius 1 is 1.46 bits per heavy atom. The fourth-order valence-corrected chi connectivity index (χ4v) is 4.32. The number of aromatic nitrogens is 4. The van der Waals surface area contributed by atoms with Gasteiger partial charge in [-0.15, -0.1) is 21.5 Å². The van der Waals surface area contributed by atoms with Crippen molar-refractivity contribution in [1.29, 1.82) is 0 Å². The first-order chi connectivity index (χ1) is 12.7. The Morgan fingerprint density at radius 3 is 3.04 bits per heavy atom. The van der Waals surface area contributed by atoms with Gasteiger partial charge in [0.15, 0.2) is 11.0 Å². The molecule has 0 radical (unpaired) electrons. The lowest BCUT2D eigenvalue weighted by Crippen LogP contribution is -2.12. The van der Waals surface area contributed by atoms with Crippen LogP contribution in [0.2, 0.25) is 0 Å². The zero-order chi connectivity index (χ0) is 17.9. The molecule has 7 nitrogen and oxygen atoms in total. The summed E-state index contributed by atoms with van der Waals surface area (Å²) in [5.41, 5.74) is 0. The molecule has 1 N–H and O–H groups in total. The van der Waals surface area contributed by atoms with Crippen LogP contribution in [-0.4, -0.2) is 31.6 Å². The second-order valence-electron chi connectivity index (χ2n) is 6.23. The third kappa shape index (κ3) is 4.16. The summed E-state index contributed by atoms with van der Waals surface area (Å²) in [5, 5.41) is 18.2. The molecular formula is C17H19N5O2S2. The zero-order valence-electron chi connectivity index (χ0n) is 14.3. The molecule has 3 aromatic heterocycles. The van der Waals surface area contributed by atoms with Gasteiger partial charge in [0.2, 0.25) is 5.91 Å². The minimum absolute atomic E-state index is 0.0814. The summed E-state index contributed by atoms with van der Waals surface area (Å²) in [6.45, 7) is 1.79. The van der Waals surface area contributed by atoms with E-state index in [0.29, 0.717) is 29.8 Å². The van der Waals surface area contributed by atoms with Crippen molar-refractivity contribution < 1.29 is 9.32 Å². The summed E-state index contributed by atoms with van der Waals surface area (Å²) < 4.78 is 7.20. The lowest BCUT2D eigenvalue weighted by molar-refractivity contribution is -0.115. The van der Waals surface area contributed by atoms with Gasteiger partial charge in [-0.05, 0) is 31.2 Å². The van der Waals surface area contributed by atoms with Crippen LogP contribution in [0.5, 0.6) is 0 Å². The van der Waals surface area contributed by atoms with E-state index in [-0.39, 0.29) is 5.91 Å². The number of rotatable bonds is 8. The van der Waals surface area contributed by atoms with Gasteiger partial charge in [0.25, 0.3) is 0 Å². The Labute approximate surface area is 159 Å². The zero-order valence-corrected chi connectivity index (χ0v) is 16.0. The Morgan fingerprint density at radius 2 is 2.35 bits per heavy atom. The van der Waals surface area contributed by atoms with Gasteiger partial charge in [-0.25, -0.2) is 0 Å². The van der Waals surface area contributed by atoms with Gasteiger partial charge in [0.1, 0.15) is 11.6 Å². The molecular weight excluding hydrogens is 370 g/mol. The van der Waals surface area contributed by atoms with E-state index in [1.54, 1.807) is 36.1 Å². The van der Waals surface area contributed by atoms with E-state index >= 15 is 0 Å². The van der Waals surface area contributed by atoms with Crippen LogP contribution in [-0.2, 0) is 11.2 Å². The number of amides is 1. The molecule has 9 heteroatoms. The Bertz CT molecular complexity index is 883. The number of nitrogens with one attached hydrogen (secondary N) is 1. The fourth-order valence-electron chi connectivity index (χ4n) is 2.66. The maximum atomic E-state index is 12.0. The standard InChI is InChI=1S/C17H19N5O2S2/c1-11-9-14(21-24-11)18-16(23)6-8-26-17-20-19-15(22(17)12-4-5-12)10-13-3-2-7-25-13/h2-3,7,9,12H,4-6,8,10H2,1H3,(H,18,21,23). The molecule has 0 aromatic carbocycles. The minimum atomic E-state index is -0.0814. The summed E-state index contributed by atoms with van der Waals surface area (Å²) in [4.78, 5) is 13.3. The molecule has 0 unspecified atom stereocenters. The van der Waals surface area contributed by atoms with Gasteiger partial charge >= 0.3 is 0 Å². The third-order valence-corrected chi connectivity index (χ3v) is 5.84. The molecule has 0 bridgehead atoms. The van der Waals surface area contributed by atoms with E-state index in [2.05, 4.69) is 42.8 Å². The smallest absolute Gasteiger partial charge is 0.226 e. The van der Waals surface area contributed by atoms with E-state index in [1.165, 1.54) is 17.7 Å². The Kier molecular flexibility index (Phi) is 5.07. The lowest BCUT2D eigenvalue weighted by Gasteiger charge is -2.08. The number of hydrogen-bond donors (Lipinski definition) is 1. The van der Waals surface area contributed by atoms with E-state index < -0.39 is 0 Å². The van der Waals surface area contributed by atoms with Crippen LogP contribution in [0.4, 0.5) is 5.82 Å². The SMILES string of the molecule is Cc1cc(NC(=O)CCSc2nnc(Cc3cccs3)n2C2CC2)no1. The van der Waals surface area contributed by atoms with E-state index in [9.17, 15) is 4.79 Å². The Balaban J connectivity index is 1.34. The van der Waals surface area contributed by atoms with Gasteiger partial charge in [-0.1, -0.05) is 23.0 Å². The fraction of sp³-hybridized carbons (Fsp3) is 0.412. The topological polar surface area (TPSA) is 85.8 Å². The molecule has 4 rings (SSSR count). The number of anilines is 1. The van der Waals surface area contributed by atoms with Gasteiger partial charge in [-0.2, -0.15) is 0 Å². The third-order valence-electron chi connectivity index (χ3n) is 4.02. The van der Waals surface area contributed by atoms with Crippen molar-refractivity contribution in [3.63, 3.8) is 0 Å². The first-order valence-corrected chi connectivity index (χ1v) is 10.4. The van der Waals surface area contributed by atoms with Crippen LogP contribution in [0.15, 0.2) is 33.3 Å². The number of carbonyl (C=O) groups is 1. The number of thioether (sulfide) groups is 1. The highest BCUT2D eigenvalue weighted by Gasteiger charge is 2.29. The van der Waals surface area contributed by atoms with Crippen molar-refractivity contribution in [1.82, 2.24) is 19.9 Å². The van der Waals surface area contributed by atoms with Gasteiger partial charge in [-0.3, -0.25) is 4.79 Å². The summed E-state index contributed by atoms with van der Waals surface area (Å²) in [6.07, 6.45) is 3.55. The highest BCUT2D eigenvalue weighted by atomic mass is 32.2. The molecule has 136 valence electrons. The first kappa shape index (κ1) is 17.3. The van der Waals surface area contributed by atoms with Crippen LogP contribution in [0.1, 0.15) is 41.8 Å². The van der Waals surface area contributed by atoms with E-state index in [0.717, 1.165) is 17.4 Å². The van der Waals surface area contributed by atoms with Crippen LogP contribution < -0.4 is 5.32 Å². The molecule has 1 saturated carbocycles. The van der Waals surface area contributed by atoms with Crippen LogP contribution in [0, 0.1) is 6.92 Å². The number of aryl methyl sites for hydroxylation is 1. The number of thiophene rings is 1. The van der Waals surface area contributed by atoms with Gasteiger partial charge in [0.05, 0.1) is 0 Å². The first-order valence-electron chi connectivity index (χ1n) is 8.51. The van der Waals surface area contributed by atoms with Crippen molar-refractivity contribution >= 4 is 34.8 Å². The van der Waals surface area contributed by atoms with E-state index in [1.807, 2.05) is 0 Å². The maximum Gasteiger partial charge on any atom is 0.226 e. The number of nitrogens with zero attached hydrogens (tertiary/aromatic N) is 4.